The summed E-state index contributed by atoms with van der Waals surface area (Å²) in [6.07, 6.45) is 12.2. The largest absolute Gasteiger partial charge is 0.306 e. The highest BCUT2D eigenvalue weighted by Gasteiger charge is 2.41. The van der Waals surface area contributed by atoms with Gasteiger partial charge in [0.2, 0.25) is 0 Å². The van der Waals surface area contributed by atoms with E-state index >= 15 is 0 Å². The van der Waals surface area contributed by atoms with E-state index in [-0.39, 0.29) is 0 Å². The normalized spacial score (nSPS) is 30.5. The Kier molecular flexibility index (Phi) is 26.5. The van der Waals surface area contributed by atoms with Crippen LogP contribution >= 0.6 is 0 Å². The number of hydrogen-bond acceptors (Lipinski definition) is 9. The van der Waals surface area contributed by atoms with Gasteiger partial charge in [-0.25, -0.2) is 0 Å². The van der Waals surface area contributed by atoms with E-state index in [2.05, 4.69) is 176 Å². The minimum atomic E-state index is 0.730. The van der Waals surface area contributed by atoms with E-state index in [1.54, 1.807) is 5.57 Å². The second-order valence-electron chi connectivity index (χ2n) is 24.0. The first kappa shape index (κ1) is 57.7. The maximum absolute atomic E-state index is 2.67. The summed E-state index contributed by atoms with van der Waals surface area (Å²) < 4.78 is 0. The quantitative estimate of drug-likeness (QED) is 0.244. The first-order valence-electron chi connectivity index (χ1n) is 27.2. The molecule has 0 aromatic heterocycles. The summed E-state index contributed by atoms with van der Waals surface area (Å²) in [5.74, 6) is 6.35. The minimum Gasteiger partial charge on any atom is -0.306 e. The Morgan fingerprint density at radius 1 is 0.422 bits per heavy atom. The molecule has 0 saturated carbocycles. The molecule has 8 aliphatic rings. The van der Waals surface area contributed by atoms with Crippen molar-refractivity contribution in [3.8, 4) is 0 Å². The Morgan fingerprint density at radius 3 is 1.47 bits per heavy atom. The fourth-order valence-corrected chi connectivity index (χ4v) is 11.7. The summed E-state index contributed by atoms with van der Waals surface area (Å²) in [5, 5.41) is 0. The number of likely N-dealkylation sites (tertiary alicyclic amines) is 6. The fraction of sp³-hybridized carbons (Fsp3) is 0.964. The monoisotopic (exact) mass is 900 g/mol. The molecule has 64 heavy (non-hydrogen) atoms. The SMILES string of the molecule is CC(C)C1=CCCN(C)C1.CC(C)C1CCCN(C)C1.CC(C)C1CCN(C)C1.CC(C)N1CC2CCCN(C)C2C1.CC(C)N1CCC2CN(C)CC21.CC(C)N1CCN(C)CC1. The molecule has 0 radical (unpaired) electrons. The zero-order valence-electron chi connectivity index (χ0n) is 46.3. The van der Waals surface area contributed by atoms with E-state index in [1.807, 2.05) is 0 Å². The molecule has 8 heterocycles. The average Bonchev–Trinajstić information content (AvgIpc) is 4.04. The van der Waals surface area contributed by atoms with Gasteiger partial charge in [-0.15, -0.1) is 0 Å². The third-order valence-electron chi connectivity index (χ3n) is 16.6. The van der Waals surface area contributed by atoms with E-state index in [0.717, 1.165) is 71.6 Å². The van der Waals surface area contributed by atoms with Crippen LogP contribution in [0.2, 0.25) is 0 Å². The van der Waals surface area contributed by atoms with Crippen LogP contribution < -0.4 is 0 Å². The molecule has 0 aromatic carbocycles. The van der Waals surface area contributed by atoms with E-state index in [4.69, 9.17) is 0 Å². The Morgan fingerprint density at radius 2 is 1.00 bits per heavy atom. The molecule has 8 rings (SSSR count). The number of piperazine rings is 1. The van der Waals surface area contributed by atoms with Crippen molar-refractivity contribution in [3.63, 3.8) is 0 Å². The summed E-state index contributed by atoms with van der Waals surface area (Å²) in [6.45, 7) is 48.2. The molecule has 0 amide bonds. The van der Waals surface area contributed by atoms with Gasteiger partial charge in [0.25, 0.3) is 0 Å². The van der Waals surface area contributed by atoms with Crippen molar-refractivity contribution >= 4 is 0 Å². The number of nitrogens with zero attached hydrogens (tertiary/aromatic N) is 9. The zero-order valence-corrected chi connectivity index (χ0v) is 46.3. The van der Waals surface area contributed by atoms with Crippen LogP contribution in [0.5, 0.6) is 0 Å². The van der Waals surface area contributed by atoms with E-state index in [0.29, 0.717) is 0 Å². The van der Waals surface area contributed by atoms with Gasteiger partial charge in [0.05, 0.1) is 0 Å². The van der Waals surface area contributed by atoms with Gasteiger partial charge in [-0.1, -0.05) is 53.2 Å². The van der Waals surface area contributed by atoms with Crippen molar-refractivity contribution in [1.82, 2.24) is 44.1 Å². The van der Waals surface area contributed by atoms with E-state index in [9.17, 15) is 0 Å². The van der Waals surface area contributed by atoms with Crippen LogP contribution in [0.1, 0.15) is 128 Å². The summed E-state index contributed by atoms with van der Waals surface area (Å²) >= 11 is 0. The molecule has 6 unspecified atom stereocenters. The molecule has 378 valence electrons. The first-order valence-corrected chi connectivity index (χ1v) is 27.2. The van der Waals surface area contributed by atoms with Crippen molar-refractivity contribution in [2.24, 2.45) is 41.4 Å². The van der Waals surface area contributed by atoms with Gasteiger partial charge in [-0.2, -0.15) is 0 Å². The van der Waals surface area contributed by atoms with E-state index in [1.165, 1.54) is 150 Å². The second kappa shape index (κ2) is 29.4. The third-order valence-corrected chi connectivity index (χ3v) is 16.6. The van der Waals surface area contributed by atoms with Gasteiger partial charge in [0.15, 0.2) is 0 Å². The minimum absolute atomic E-state index is 0.730. The summed E-state index contributed by atoms with van der Waals surface area (Å²) in [6, 6.07) is 3.94. The number of hydrogen-bond donors (Lipinski definition) is 0. The zero-order chi connectivity index (χ0) is 47.7. The number of rotatable bonds is 6. The molecular formula is C55H113N9. The van der Waals surface area contributed by atoms with Crippen LogP contribution in [-0.2, 0) is 0 Å². The smallest absolute Gasteiger partial charge is 0.0266 e. The Labute approximate surface area is 401 Å². The van der Waals surface area contributed by atoms with Crippen LogP contribution in [0, 0.1) is 41.4 Å². The Hall–Kier alpha value is -0.620. The molecule has 0 N–H and O–H groups in total. The van der Waals surface area contributed by atoms with Gasteiger partial charge in [0, 0.05) is 109 Å². The molecule has 0 bridgehead atoms. The summed E-state index contributed by atoms with van der Waals surface area (Å²) in [5.41, 5.74) is 1.61. The second-order valence-corrected chi connectivity index (χ2v) is 24.0. The Bertz CT molecular complexity index is 1240. The van der Waals surface area contributed by atoms with Crippen molar-refractivity contribution in [1.29, 1.82) is 0 Å². The van der Waals surface area contributed by atoms with Gasteiger partial charge >= 0.3 is 0 Å². The van der Waals surface area contributed by atoms with Crippen LogP contribution in [-0.4, -0.2) is 221 Å². The molecule has 6 atom stereocenters. The Balaban J connectivity index is 0.000000205. The molecule has 0 aliphatic carbocycles. The number of likely N-dealkylation sites (N-methyl/N-ethyl adjacent to an activating group) is 4. The van der Waals surface area contributed by atoms with E-state index < -0.39 is 0 Å². The van der Waals surface area contributed by atoms with Crippen molar-refractivity contribution in [2.45, 2.75) is 158 Å². The predicted molar refractivity (Wildman–Crippen MR) is 282 cm³/mol. The fourth-order valence-electron chi connectivity index (χ4n) is 11.7. The molecular weight excluding hydrogens is 787 g/mol. The lowest BCUT2D eigenvalue weighted by atomic mass is 9.88. The van der Waals surface area contributed by atoms with Crippen LogP contribution in [0.4, 0.5) is 0 Å². The lowest BCUT2D eigenvalue weighted by molar-refractivity contribution is 0.126. The van der Waals surface area contributed by atoms with Crippen LogP contribution in [0.3, 0.4) is 0 Å². The molecule has 8 aliphatic heterocycles. The predicted octanol–water partition coefficient (Wildman–Crippen LogP) is 8.58. The van der Waals surface area contributed by atoms with Crippen LogP contribution in [0.25, 0.3) is 0 Å². The van der Waals surface area contributed by atoms with Gasteiger partial charge in [0.1, 0.15) is 0 Å². The third kappa shape index (κ3) is 20.2. The summed E-state index contributed by atoms with van der Waals surface area (Å²) in [7, 11) is 13.4. The maximum Gasteiger partial charge on any atom is 0.0266 e. The number of piperidine rings is 2. The molecule has 9 heteroatoms. The van der Waals surface area contributed by atoms with Gasteiger partial charge < -0.3 is 29.4 Å². The van der Waals surface area contributed by atoms with Crippen LogP contribution in [0.15, 0.2) is 11.6 Å². The standard InChI is InChI=1S/C11H22N2.C10H20N2.C9H19N.C9H17N.C8H18N2.C8H17N/c1-9(2)13-7-10-5-4-6-12(3)11(10)8-13;1-8(2)12-5-4-9-6-11(3)7-10(9)12;2*1-8(2)9-5-4-6-10(3)7-9;1-8(2)10-6-4-9(3)5-7-10;1-7(2)8-4-5-9(3)6-8/h9-11H,4-8H2,1-3H3;8-10H,4-7H2,1-3H3;8-9H,4-7H2,1-3H3;5,8H,4,6-7H2,1-3H3;8H,4-7H2,1-3H3;7-8H,4-6H2,1-3H3. The van der Waals surface area contributed by atoms with Crippen molar-refractivity contribution < 1.29 is 0 Å². The number of fused-ring (bicyclic) bond motifs is 2. The van der Waals surface area contributed by atoms with Gasteiger partial charge in [-0.05, 0) is 196 Å². The topological polar surface area (TPSA) is 29.2 Å². The average molecular weight is 901 g/mol. The van der Waals surface area contributed by atoms with Crippen molar-refractivity contribution in [2.75, 3.05) is 147 Å². The molecule has 7 fully saturated rings. The molecule has 0 spiro atoms. The molecule has 0 aromatic rings. The highest BCUT2D eigenvalue weighted by molar-refractivity contribution is 5.09. The molecule has 9 nitrogen and oxygen atoms in total. The van der Waals surface area contributed by atoms with Gasteiger partial charge in [-0.3, -0.25) is 14.7 Å². The lowest BCUT2D eigenvalue weighted by Gasteiger charge is -2.34. The highest BCUT2D eigenvalue weighted by atomic mass is 15.3. The maximum atomic E-state index is 2.67. The summed E-state index contributed by atoms with van der Waals surface area (Å²) in [4.78, 5) is 22.5. The highest BCUT2D eigenvalue weighted by Crippen LogP contribution is 2.32. The first-order chi connectivity index (χ1) is 30.2. The molecule has 7 saturated heterocycles. The lowest BCUT2D eigenvalue weighted by Crippen LogP contribution is -2.47. The van der Waals surface area contributed by atoms with Crippen molar-refractivity contribution in [3.05, 3.63) is 11.6 Å².